The van der Waals surface area contributed by atoms with Gasteiger partial charge in [-0.05, 0) is 48.7 Å². The molecule has 0 N–H and O–H groups in total. The van der Waals surface area contributed by atoms with Crippen LogP contribution in [0.1, 0.15) is 42.9 Å². The summed E-state index contributed by atoms with van der Waals surface area (Å²) in [7, 11) is 0. The van der Waals surface area contributed by atoms with Gasteiger partial charge in [0.1, 0.15) is 29.7 Å². The highest BCUT2D eigenvalue weighted by Crippen LogP contribution is 2.48. The second kappa shape index (κ2) is 7.25. The molecule has 3 fully saturated rings. The molecule has 2 aromatic heterocycles. The van der Waals surface area contributed by atoms with E-state index in [4.69, 9.17) is 4.74 Å². The van der Waals surface area contributed by atoms with Crippen molar-refractivity contribution < 1.29 is 18.3 Å². The number of aromatic nitrogens is 2. The number of hydrogen-bond acceptors (Lipinski definition) is 5. The van der Waals surface area contributed by atoms with Crippen molar-refractivity contribution in [2.75, 3.05) is 18.0 Å². The number of benzene rings is 1. The summed E-state index contributed by atoms with van der Waals surface area (Å²) in [5.41, 5.74) is 0.857. The number of nitriles is 1. The van der Waals surface area contributed by atoms with Gasteiger partial charge in [0.2, 0.25) is 0 Å². The van der Waals surface area contributed by atoms with Crippen molar-refractivity contribution in [3.63, 3.8) is 0 Å². The number of fused-ring (bicyclic) bond motifs is 2. The maximum absolute atomic E-state index is 13.8. The lowest BCUT2D eigenvalue weighted by Crippen LogP contribution is -2.50. The number of ether oxygens (including phenoxy) is 1. The average molecular weight is 449 g/mol. The molecule has 0 saturated carbocycles. The van der Waals surface area contributed by atoms with Crippen molar-refractivity contribution in [3.8, 4) is 6.07 Å². The lowest BCUT2D eigenvalue weighted by Gasteiger charge is -2.38. The zero-order chi connectivity index (χ0) is 22.7. The van der Waals surface area contributed by atoms with Gasteiger partial charge in [-0.15, -0.1) is 0 Å². The molecule has 6 rings (SSSR count). The van der Waals surface area contributed by atoms with E-state index in [0.29, 0.717) is 49.9 Å². The van der Waals surface area contributed by atoms with Crippen molar-refractivity contribution in [2.24, 2.45) is 0 Å². The van der Waals surface area contributed by atoms with Crippen LogP contribution in [0.3, 0.4) is 0 Å². The van der Waals surface area contributed by atoms with Gasteiger partial charge >= 0.3 is 0 Å². The van der Waals surface area contributed by atoms with Gasteiger partial charge in [-0.1, -0.05) is 0 Å². The lowest BCUT2D eigenvalue weighted by molar-refractivity contribution is -0.140. The zero-order valence-electron chi connectivity index (χ0n) is 17.7. The van der Waals surface area contributed by atoms with Gasteiger partial charge in [0.15, 0.2) is 5.60 Å². The van der Waals surface area contributed by atoms with Crippen LogP contribution in [-0.2, 0) is 9.53 Å². The first-order valence-electron chi connectivity index (χ1n) is 11.1. The number of anilines is 1. The molecule has 5 heterocycles. The number of rotatable bonds is 2. The standard InChI is InChI=1S/C24H21F2N5O2/c25-17-11-16(12-18(26)13-17)19-2-4-22-30(19)23(32)24(33-22)6-9-29(10-7-24)21-3-1-15(14-27)20-5-8-28-31(20)21/h1,3,5,8,11-13,19,22H,2,4,6-7,9-10H2/t19-,22+/m0/s1. The van der Waals surface area contributed by atoms with Crippen molar-refractivity contribution in [1.82, 2.24) is 14.5 Å². The molecular formula is C24H21F2N5O2. The van der Waals surface area contributed by atoms with Gasteiger partial charge in [0.05, 0.1) is 23.3 Å². The Labute approximate surface area is 188 Å². The van der Waals surface area contributed by atoms with Gasteiger partial charge in [-0.2, -0.15) is 10.4 Å². The lowest BCUT2D eigenvalue weighted by atomic mass is 9.89. The third kappa shape index (κ3) is 3.01. The zero-order valence-corrected chi connectivity index (χ0v) is 17.7. The number of nitrogens with zero attached hydrogens (tertiary/aromatic N) is 5. The summed E-state index contributed by atoms with van der Waals surface area (Å²) in [5, 5.41) is 13.7. The molecule has 3 saturated heterocycles. The number of amides is 1. The van der Waals surface area contributed by atoms with Crippen LogP contribution in [0.2, 0.25) is 0 Å². The Balaban J connectivity index is 1.24. The van der Waals surface area contributed by atoms with E-state index in [0.717, 1.165) is 17.4 Å². The second-order valence-corrected chi connectivity index (χ2v) is 8.91. The van der Waals surface area contributed by atoms with E-state index in [1.807, 2.05) is 6.07 Å². The molecule has 33 heavy (non-hydrogen) atoms. The number of carbonyl (C=O) groups is 1. The molecule has 1 amide bonds. The second-order valence-electron chi connectivity index (χ2n) is 8.91. The Morgan fingerprint density at radius 2 is 1.85 bits per heavy atom. The Hall–Kier alpha value is -3.51. The quantitative estimate of drug-likeness (QED) is 0.598. The molecule has 0 bridgehead atoms. The summed E-state index contributed by atoms with van der Waals surface area (Å²) in [6.45, 7) is 1.18. The normalized spacial score (nSPS) is 24.0. The van der Waals surface area contributed by atoms with Crippen LogP contribution in [0.4, 0.5) is 14.6 Å². The molecule has 0 aliphatic carbocycles. The smallest absolute Gasteiger partial charge is 0.257 e. The molecule has 2 atom stereocenters. The molecular weight excluding hydrogens is 428 g/mol. The minimum Gasteiger partial charge on any atom is -0.356 e. The third-order valence-corrected chi connectivity index (χ3v) is 7.14. The Bertz CT molecular complexity index is 1290. The summed E-state index contributed by atoms with van der Waals surface area (Å²) in [5.74, 6) is -0.515. The van der Waals surface area contributed by atoms with E-state index in [9.17, 15) is 18.8 Å². The maximum Gasteiger partial charge on any atom is 0.257 e. The molecule has 3 aliphatic heterocycles. The summed E-state index contributed by atoms with van der Waals surface area (Å²) in [6, 6.07) is 10.7. The highest BCUT2D eigenvalue weighted by Gasteiger charge is 2.58. The van der Waals surface area contributed by atoms with Crippen molar-refractivity contribution in [2.45, 2.75) is 43.6 Å². The average Bonchev–Trinajstić information content (AvgIpc) is 3.50. The Morgan fingerprint density at radius 1 is 1.09 bits per heavy atom. The fourth-order valence-corrected chi connectivity index (χ4v) is 5.57. The largest absolute Gasteiger partial charge is 0.356 e. The van der Waals surface area contributed by atoms with Gasteiger partial charge in [0, 0.05) is 32.0 Å². The van der Waals surface area contributed by atoms with Crippen molar-refractivity contribution >= 4 is 17.2 Å². The summed E-state index contributed by atoms with van der Waals surface area (Å²) >= 11 is 0. The Morgan fingerprint density at radius 3 is 2.58 bits per heavy atom. The van der Waals surface area contributed by atoms with E-state index in [-0.39, 0.29) is 18.2 Å². The van der Waals surface area contributed by atoms with E-state index in [1.54, 1.807) is 27.7 Å². The van der Waals surface area contributed by atoms with Crippen LogP contribution in [-0.4, -0.2) is 45.3 Å². The highest BCUT2D eigenvalue weighted by atomic mass is 19.1. The molecule has 9 heteroatoms. The predicted molar refractivity (Wildman–Crippen MR) is 114 cm³/mol. The number of hydrogen-bond donors (Lipinski definition) is 0. The summed E-state index contributed by atoms with van der Waals surface area (Å²) in [4.78, 5) is 17.4. The summed E-state index contributed by atoms with van der Waals surface area (Å²) in [6.07, 6.45) is 3.57. The van der Waals surface area contributed by atoms with Crippen LogP contribution in [0, 0.1) is 23.0 Å². The van der Waals surface area contributed by atoms with Crippen LogP contribution in [0.5, 0.6) is 0 Å². The Kier molecular flexibility index (Phi) is 4.42. The number of carbonyl (C=O) groups excluding carboxylic acids is 1. The maximum atomic E-state index is 13.8. The summed E-state index contributed by atoms with van der Waals surface area (Å²) < 4.78 is 35.7. The molecule has 0 unspecified atom stereocenters. The van der Waals surface area contributed by atoms with Crippen molar-refractivity contribution in [3.05, 3.63) is 65.4 Å². The van der Waals surface area contributed by atoms with Crippen molar-refractivity contribution in [1.29, 1.82) is 5.26 Å². The molecule has 1 aromatic carbocycles. The molecule has 168 valence electrons. The molecule has 7 nitrogen and oxygen atoms in total. The minimum atomic E-state index is -0.915. The third-order valence-electron chi connectivity index (χ3n) is 7.14. The van der Waals surface area contributed by atoms with Crippen LogP contribution in [0.15, 0.2) is 42.6 Å². The van der Waals surface area contributed by atoms with E-state index in [2.05, 4.69) is 16.1 Å². The first-order valence-corrected chi connectivity index (χ1v) is 11.1. The monoisotopic (exact) mass is 449 g/mol. The highest BCUT2D eigenvalue weighted by molar-refractivity contribution is 5.88. The van der Waals surface area contributed by atoms with Gasteiger partial charge in [-0.3, -0.25) is 4.79 Å². The fourth-order valence-electron chi connectivity index (χ4n) is 5.57. The molecule has 1 spiro atoms. The predicted octanol–water partition coefficient (Wildman–Crippen LogP) is 3.54. The number of piperidine rings is 1. The molecule has 3 aliphatic rings. The van der Waals surface area contributed by atoms with Gasteiger partial charge in [0.25, 0.3) is 5.91 Å². The fraction of sp³-hybridized carbons (Fsp3) is 0.375. The van der Waals surface area contributed by atoms with Gasteiger partial charge in [-0.25, -0.2) is 13.3 Å². The van der Waals surface area contributed by atoms with Crippen LogP contribution in [0.25, 0.3) is 5.52 Å². The van der Waals surface area contributed by atoms with Gasteiger partial charge < -0.3 is 14.5 Å². The van der Waals surface area contributed by atoms with Crippen LogP contribution < -0.4 is 4.90 Å². The van der Waals surface area contributed by atoms with E-state index < -0.39 is 17.2 Å². The first kappa shape index (κ1) is 20.1. The van der Waals surface area contributed by atoms with E-state index in [1.165, 1.54) is 12.1 Å². The van der Waals surface area contributed by atoms with E-state index >= 15 is 0 Å². The molecule has 0 radical (unpaired) electrons. The number of halogens is 2. The van der Waals surface area contributed by atoms with Crippen LogP contribution >= 0.6 is 0 Å². The first-order chi connectivity index (χ1) is 16.0. The SMILES string of the molecule is N#Cc1ccc(N2CCC3(CC2)O[C@@H]2CC[C@@H](c4cc(F)cc(F)c4)N2C3=O)n2nccc12. The topological polar surface area (TPSA) is 73.9 Å². The minimum absolute atomic E-state index is 0.0941. The number of pyridine rings is 1. The molecule has 3 aromatic rings.